The fraction of sp³-hybridized carbons (Fsp3) is 0.471. The number of carbonyl (C=O) groups excluding carboxylic acids is 2. The number of nitrogens with two attached hydrogens (primary N) is 2. The van der Waals surface area contributed by atoms with Crippen molar-refractivity contribution in [3.63, 3.8) is 0 Å². The minimum atomic E-state index is -0.562. The van der Waals surface area contributed by atoms with Crippen LogP contribution in [-0.4, -0.2) is 21.4 Å². The van der Waals surface area contributed by atoms with Crippen LogP contribution in [0.2, 0.25) is 0 Å². The van der Waals surface area contributed by atoms with Gasteiger partial charge in [-0.1, -0.05) is 32.3 Å². The van der Waals surface area contributed by atoms with E-state index in [4.69, 9.17) is 11.6 Å². The first-order valence-corrected chi connectivity index (χ1v) is 8.43. The maximum atomic E-state index is 12.0. The maximum Gasteiger partial charge on any atom is 0.284 e. The Bertz CT molecular complexity index is 777. The highest BCUT2D eigenvalue weighted by molar-refractivity contribution is 6.03. The molecule has 1 heterocycles. The Labute approximate surface area is 140 Å². The fourth-order valence-electron chi connectivity index (χ4n) is 3.48. The van der Waals surface area contributed by atoms with E-state index in [-0.39, 0.29) is 17.8 Å². The van der Waals surface area contributed by atoms with Crippen molar-refractivity contribution in [1.29, 1.82) is 0 Å². The van der Waals surface area contributed by atoms with E-state index in [1.54, 1.807) is 13.0 Å². The number of rotatable bonds is 4. The number of hydrogen-bond donors (Lipinski definition) is 2. The van der Waals surface area contributed by atoms with E-state index in [2.05, 4.69) is 4.98 Å². The van der Waals surface area contributed by atoms with Crippen molar-refractivity contribution in [2.24, 2.45) is 11.6 Å². The summed E-state index contributed by atoms with van der Waals surface area (Å²) in [6, 6.07) is 5.66. The van der Waals surface area contributed by atoms with E-state index in [0.717, 1.165) is 36.2 Å². The Morgan fingerprint density at radius 3 is 2.62 bits per heavy atom. The lowest BCUT2D eigenvalue weighted by molar-refractivity contribution is -0.118. The first kappa shape index (κ1) is 16.4. The minimum Gasteiger partial charge on any atom is -0.363 e. The van der Waals surface area contributed by atoms with Gasteiger partial charge in [0.1, 0.15) is 5.52 Å². The summed E-state index contributed by atoms with van der Waals surface area (Å²) in [5.74, 6) is 5.41. The predicted octanol–water partition coefficient (Wildman–Crippen LogP) is 2.26. The Kier molecular flexibility index (Phi) is 4.53. The minimum absolute atomic E-state index is 0.203. The number of imidazole rings is 1. The molecule has 24 heavy (non-hydrogen) atoms. The molecule has 0 spiro atoms. The molecule has 1 aromatic heterocycles. The third kappa shape index (κ3) is 2.75. The van der Waals surface area contributed by atoms with Gasteiger partial charge in [-0.3, -0.25) is 9.59 Å². The molecule has 1 aromatic carbocycles. The van der Waals surface area contributed by atoms with Crippen LogP contribution in [0.1, 0.15) is 62.1 Å². The van der Waals surface area contributed by atoms with Gasteiger partial charge in [0.25, 0.3) is 5.91 Å². The number of hydrogen-bond acceptors (Lipinski definition) is 4. The fourth-order valence-corrected chi connectivity index (χ4v) is 3.48. The molecule has 128 valence electrons. The number of amides is 2. The molecule has 7 nitrogen and oxygen atoms in total. The summed E-state index contributed by atoms with van der Waals surface area (Å²) < 4.78 is 1.94. The third-order valence-corrected chi connectivity index (χ3v) is 4.69. The maximum absolute atomic E-state index is 12.0. The third-order valence-electron chi connectivity index (χ3n) is 4.69. The average molecular weight is 329 g/mol. The number of primary amides is 1. The van der Waals surface area contributed by atoms with Crippen LogP contribution in [0.4, 0.5) is 5.69 Å². The quantitative estimate of drug-likeness (QED) is 0.509. The van der Waals surface area contributed by atoms with Crippen molar-refractivity contribution >= 4 is 28.5 Å². The zero-order valence-electron chi connectivity index (χ0n) is 13.9. The van der Waals surface area contributed by atoms with Gasteiger partial charge >= 0.3 is 0 Å². The second kappa shape index (κ2) is 6.60. The van der Waals surface area contributed by atoms with Crippen LogP contribution >= 0.6 is 0 Å². The number of para-hydroxylation sites is 1. The van der Waals surface area contributed by atoms with Gasteiger partial charge in [0.15, 0.2) is 5.82 Å². The van der Waals surface area contributed by atoms with Crippen LogP contribution in [-0.2, 0) is 4.79 Å². The van der Waals surface area contributed by atoms with Gasteiger partial charge in [-0.25, -0.2) is 15.8 Å². The molecule has 1 saturated carbocycles. The van der Waals surface area contributed by atoms with E-state index in [0.29, 0.717) is 17.6 Å². The molecule has 2 aromatic rings. The highest BCUT2D eigenvalue weighted by Gasteiger charge is 2.26. The van der Waals surface area contributed by atoms with Gasteiger partial charge in [0.2, 0.25) is 5.91 Å². The van der Waals surface area contributed by atoms with Crippen molar-refractivity contribution in [2.75, 3.05) is 5.01 Å². The molecule has 0 unspecified atom stereocenters. The van der Waals surface area contributed by atoms with Crippen molar-refractivity contribution in [1.82, 2.24) is 9.55 Å². The molecule has 0 radical (unpaired) electrons. The van der Waals surface area contributed by atoms with E-state index >= 15 is 0 Å². The lowest BCUT2D eigenvalue weighted by atomic mass is 9.95. The van der Waals surface area contributed by atoms with Crippen LogP contribution in [0.3, 0.4) is 0 Å². The summed E-state index contributed by atoms with van der Waals surface area (Å²) in [6.07, 6.45) is 5.74. The smallest absolute Gasteiger partial charge is 0.284 e. The van der Waals surface area contributed by atoms with Crippen LogP contribution in [0, 0.1) is 0 Å². The highest BCUT2D eigenvalue weighted by atomic mass is 16.2. The summed E-state index contributed by atoms with van der Waals surface area (Å²) in [6.45, 7) is 1.75. The first-order chi connectivity index (χ1) is 11.5. The second-order valence-electron chi connectivity index (χ2n) is 6.22. The molecular formula is C17H23N5O2. The van der Waals surface area contributed by atoms with Crippen molar-refractivity contribution < 1.29 is 9.59 Å². The normalized spacial score (nSPS) is 15.6. The lowest BCUT2D eigenvalue weighted by Crippen LogP contribution is -2.37. The molecule has 0 saturated heterocycles. The molecule has 0 atom stereocenters. The molecule has 2 amide bonds. The molecule has 1 aliphatic carbocycles. The Morgan fingerprint density at radius 1 is 1.29 bits per heavy atom. The molecule has 0 bridgehead atoms. The lowest BCUT2D eigenvalue weighted by Gasteiger charge is -2.25. The van der Waals surface area contributed by atoms with Crippen LogP contribution in [0.25, 0.3) is 11.0 Å². The Hall–Kier alpha value is -2.41. The Morgan fingerprint density at radius 2 is 2.00 bits per heavy atom. The number of aromatic nitrogens is 2. The largest absolute Gasteiger partial charge is 0.363 e. The van der Waals surface area contributed by atoms with E-state index < -0.39 is 5.91 Å². The topological polar surface area (TPSA) is 107 Å². The van der Waals surface area contributed by atoms with E-state index in [9.17, 15) is 9.59 Å². The molecule has 7 heteroatoms. The molecular weight excluding hydrogens is 306 g/mol. The SMILES string of the molecule is CCC(=O)N(N)c1cccc2c1nc(C(N)=O)n2C1CCCCC1. The zero-order valence-corrected chi connectivity index (χ0v) is 13.9. The summed E-state index contributed by atoms with van der Waals surface area (Å²) in [5.41, 5.74) is 7.40. The molecule has 3 rings (SSSR count). The zero-order chi connectivity index (χ0) is 17.3. The number of hydrazine groups is 1. The first-order valence-electron chi connectivity index (χ1n) is 8.43. The van der Waals surface area contributed by atoms with Crippen molar-refractivity contribution in [2.45, 2.75) is 51.5 Å². The van der Waals surface area contributed by atoms with Gasteiger partial charge in [0.05, 0.1) is 11.2 Å². The van der Waals surface area contributed by atoms with Crippen LogP contribution in [0.15, 0.2) is 18.2 Å². The molecule has 1 aliphatic rings. The van der Waals surface area contributed by atoms with Gasteiger partial charge in [-0.15, -0.1) is 0 Å². The summed E-state index contributed by atoms with van der Waals surface area (Å²) in [7, 11) is 0. The van der Waals surface area contributed by atoms with E-state index in [1.807, 2.05) is 16.7 Å². The van der Waals surface area contributed by atoms with Gasteiger partial charge in [-0.05, 0) is 25.0 Å². The summed E-state index contributed by atoms with van der Waals surface area (Å²) in [5, 5.41) is 1.10. The molecule has 4 N–H and O–H groups in total. The van der Waals surface area contributed by atoms with Gasteiger partial charge in [-0.2, -0.15) is 0 Å². The van der Waals surface area contributed by atoms with Gasteiger partial charge < -0.3 is 10.3 Å². The van der Waals surface area contributed by atoms with Crippen molar-refractivity contribution in [3.8, 4) is 0 Å². The molecule has 1 fully saturated rings. The number of nitrogens with zero attached hydrogens (tertiary/aromatic N) is 3. The highest BCUT2D eigenvalue weighted by Crippen LogP contribution is 2.34. The monoisotopic (exact) mass is 329 g/mol. The van der Waals surface area contributed by atoms with Gasteiger partial charge in [0, 0.05) is 12.5 Å². The second-order valence-corrected chi connectivity index (χ2v) is 6.22. The number of anilines is 1. The number of benzene rings is 1. The predicted molar refractivity (Wildman–Crippen MR) is 92.3 cm³/mol. The number of fused-ring (bicyclic) bond motifs is 1. The summed E-state index contributed by atoms with van der Waals surface area (Å²) in [4.78, 5) is 28.3. The number of carbonyl (C=O) groups is 2. The summed E-state index contributed by atoms with van der Waals surface area (Å²) >= 11 is 0. The average Bonchev–Trinajstić information content (AvgIpc) is 3.01. The van der Waals surface area contributed by atoms with Crippen LogP contribution in [0.5, 0.6) is 0 Å². The van der Waals surface area contributed by atoms with Crippen LogP contribution < -0.4 is 16.6 Å². The van der Waals surface area contributed by atoms with E-state index in [1.165, 1.54) is 6.42 Å². The van der Waals surface area contributed by atoms with Crippen molar-refractivity contribution in [3.05, 3.63) is 24.0 Å². The Balaban J connectivity index is 2.18. The molecule has 0 aliphatic heterocycles. The standard InChI is InChI=1S/C17H23N5O2/c1-2-14(23)22(19)13-10-6-9-12-15(13)20-17(16(18)24)21(12)11-7-4-3-5-8-11/h6,9-11H,2-5,7-8,19H2,1H3,(H2,18,24).